The largest absolute Gasteiger partial charge is 0.268 e. The first-order valence-electron chi connectivity index (χ1n) is 5.57. The predicted molar refractivity (Wildman–Crippen MR) is 72.5 cm³/mol. The first-order valence-corrected chi connectivity index (χ1v) is 7.43. The van der Waals surface area contributed by atoms with E-state index in [0.29, 0.717) is 6.07 Å². The van der Waals surface area contributed by atoms with E-state index in [9.17, 15) is 22.0 Å². The third-order valence-electron chi connectivity index (χ3n) is 2.52. The third-order valence-corrected chi connectivity index (χ3v) is 4.08. The Hall–Kier alpha value is -1.99. The molecular weight excluding hydrogens is 324 g/mol. The lowest BCUT2D eigenvalue weighted by Crippen LogP contribution is -2.30. The third kappa shape index (κ3) is 3.56. The maximum Gasteiger partial charge on any atom is 0.265 e. The van der Waals surface area contributed by atoms with Gasteiger partial charge in [-0.3, -0.25) is 4.79 Å². The number of carbonyl (C=O) groups excluding carboxylic acids is 1. The number of hydrogen-bond acceptors (Lipinski definition) is 3. The summed E-state index contributed by atoms with van der Waals surface area (Å²) in [6.45, 7) is 0. The number of sulfonamides is 1. The molecule has 1 amide bonds. The summed E-state index contributed by atoms with van der Waals surface area (Å²) >= 11 is 5.67. The molecule has 0 saturated carbocycles. The molecule has 0 aromatic heterocycles. The maximum atomic E-state index is 13.0. The molecule has 110 valence electrons. The molecule has 2 aromatic carbocycles. The molecule has 0 heterocycles. The average molecular weight is 332 g/mol. The van der Waals surface area contributed by atoms with Crippen molar-refractivity contribution < 1.29 is 22.0 Å². The van der Waals surface area contributed by atoms with Gasteiger partial charge in [0.15, 0.2) is 11.6 Å². The Bertz CT molecular complexity index is 809. The second-order valence-electron chi connectivity index (χ2n) is 4.02. The summed E-state index contributed by atoms with van der Waals surface area (Å²) in [7, 11) is -4.15. The molecule has 0 radical (unpaired) electrons. The van der Waals surface area contributed by atoms with Crippen molar-refractivity contribution in [3.8, 4) is 0 Å². The summed E-state index contributed by atoms with van der Waals surface area (Å²) in [5.41, 5.74) is -0.320. The number of rotatable bonds is 3. The number of amides is 1. The van der Waals surface area contributed by atoms with Crippen LogP contribution in [-0.4, -0.2) is 14.3 Å². The van der Waals surface area contributed by atoms with Crippen LogP contribution < -0.4 is 4.72 Å². The molecule has 0 saturated heterocycles. The van der Waals surface area contributed by atoms with Crippen molar-refractivity contribution >= 4 is 27.5 Å². The van der Waals surface area contributed by atoms with Crippen LogP contribution in [0.3, 0.4) is 0 Å². The lowest BCUT2D eigenvalue weighted by molar-refractivity contribution is 0.0981. The van der Waals surface area contributed by atoms with Crippen molar-refractivity contribution in [2.75, 3.05) is 0 Å². The van der Waals surface area contributed by atoms with Gasteiger partial charge in [-0.15, -0.1) is 0 Å². The number of hydrogen-bond donors (Lipinski definition) is 1. The fourth-order valence-corrected chi connectivity index (χ4v) is 2.79. The zero-order valence-corrected chi connectivity index (χ0v) is 11.9. The van der Waals surface area contributed by atoms with Crippen molar-refractivity contribution in [3.05, 3.63) is 64.7 Å². The second-order valence-corrected chi connectivity index (χ2v) is 6.14. The molecule has 2 aromatic rings. The maximum absolute atomic E-state index is 13.0. The van der Waals surface area contributed by atoms with E-state index in [1.54, 1.807) is 4.72 Å². The minimum atomic E-state index is -4.15. The Morgan fingerprint density at radius 2 is 1.76 bits per heavy atom. The highest BCUT2D eigenvalue weighted by molar-refractivity contribution is 7.90. The van der Waals surface area contributed by atoms with Crippen LogP contribution in [0.4, 0.5) is 8.78 Å². The summed E-state index contributed by atoms with van der Waals surface area (Å²) in [6.07, 6.45) is 0. The number of benzene rings is 2. The predicted octanol–water partition coefficient (Wildman–Crippen LogP) is 2.74. The van der Waals surface area contributed by atoms with Crippen LogP contribution in [0, 0.1) is 11.6 Å². The number of carbonyl (C=O) groups is 1. The van der Waals surface area contributed by atoms with Crippen LogP contribution in [0.25, 0.3) is 0 Å². The summed E-state index contributed by atoms with van der Waals surface area (Å²) in [6, 6.07) is 7.58. The van der Waals surface area contributed by atoms with E-state index in [4.69, 9.17) is 11.6 Å². The summed E-state index contributed by atoms with van der Waals surface area (Å²) < 4.78 is 51.5. The van der Waals surface area contributed by atoms with Gasteiger partial charge < -0.3 is 0 Å². The SMILES string of the molecule is O=C(NS(=O)(=O)c1cccc(Cl)c1)c1ccc(F)c(F)c1. The molecule has 0 bridgehead atoms. The fraction of sp³-hybridized carbons (Fsp3) is 0. The topological polar surface area (TPSA) is 63.2 Å². The smallest absolute Gasteiger partial charge is 0.265 e. The van der Waals surface area contributed by atoms with Crippen LogP contribution in [0.2, 0.25) is 5.02 Å². The van der Waals surface area contributed by atoms with E-state index in [0.717, 1.165) is 18.2 Å². The second kappa shape index (κ2) is 5.79. The Morgan fingerprint density at radius 3 is 2.38 bits per heavy atom. The zero-order valence-electron chi connectivity index (χ0n) is 10.3. The lowest BCUT2D eigenvalue weighted by Gasteiger charge is -2.07. The van der Waals surface area contributed by atoms with Gasteiger partial charge in [0.05, 0.1) is 4.90 Å². The molecule has 0 aliphatic carbocycles. The van der Waals surface area contributed by atoms with Crippen molar-refractivity contribution in [1.82, 2.24) is 4.72 Å². The highest BCUT2D eigenvalue weighted by Crippen LogP contribution is 2.16. The molecular formula is C13H8ClF2NO3S. The fourth-order valence-electron chi connectivity index (χ4n) is 1.51. The van der Waals surface area contributed by atoms with Crippen molar-refractivity contribution in [1.29, 1.82) is 0 Å². The molecule has 0 aliphatic rings. The standard InChI is InChI=1S/C13H8ClF2NO3S/c14-9-2-1-3-10(7-9)21(19,20)17-13(18)8-4-5-11(15)12(16)6-8/h1-7H,(H,17,18). The molecule has 0 unspecified atom stereocenters. The number of nitrogens with one attached hydrogen (secondary N) is 1. The van der Waals surface area contributed by atoms with E-state index in [2.05, 4.69) is 0 Å². The van der Waals surface area contributed by atoms with Crippen LogP contribution in [0.1, 0.15) is 10.4 Å². The summed E-state index contributed by atoms with van der Waals surface area (Å²) in [4.78, 5) is 11.6. The van der Waals surface area contributed by atoms with Gasteiger partial charge in [-0.2, -0.15) is 0 Å². The number of halogens is 3. The molecule has 0 atom stereocenters. The molecule has 21 heavy (non-hydrogen) atoms. The van der Waals surface area contributed by atoms with E-state index in [1.807, 2.05) is 0 Å². The monoisotopic (exact) mass is 331 g/mol. The van der Waals surface area contributed by atoms with Crippen molar-refractivity contribution in [3.63, 3.8) is 0 Å². The quantitative estimate of drug-likeness (QED) is 0.940. The van der Waals surface area contributed by atoms with Gasteiger partial charge in [-0.05, 0) is 36.4 Å². The van der Waals surface area contributed by atoms with Crippen molar-refractivity contribution in [2.45, 2.75) is 4.90 Å². The Kier molecular flexibility index (Phi) is 4.24. The van der Waals surface area contributed by atoms with E-state index < -0.39 is 27.6 Å². The summed E-state index contributed by atoms with van der Waals surface area (Å²) in [5.74, 6) is -3.46. The highest BCUT2D eigenvalue weighted by Gasteiger charge is 2.19. The van der Waals surface area contributed by atoms with E-state index in [-0.39, 0.29) is 15.5 Å². The molecule has 0 spiro atoms. The normalized spacial score (nSPS) is 11.2. The Morgan fingerprint density at radius 1 is 1.05 bits per heavy atom. The minimum Gasteiger partial charge on any atom is -0.268 e. The minimum absolute atomic E-state index is 0.179. The Labute approximate surface area is 124 Å². The van der Waals surface area contributed by atoms with Crippen LogP contribution >= 0.6 is 11.6 Å². The first kappa shape index (κ1) is 15.4. The van der Waals surface area contributed by atoms with Crippen molar-refractivity contribution in [2.24, 2.45) is 0 Å². The molecule has 1 N–H and O–H groups in total. The van der Waals surface area contributed by atoms with E-state index >= 15 is 0 Å². The first-order chi connectivity index (χ1) is 9.79. The van der Waals surface area contributed by atoms with Crippen LogP contribution in [-0.2, 0) is 10.0 Å². The highest BCUT2D eigenvalue weighted by atomic mass is 35.5. The molecule has 0 aliphatic heterocycles. The Balaban J connectivity index is 2.28. The van der Waals surface area contributed by atoms with Crippen LogP contribution in [0.15, 0.2) is 47.4 Å². The van der Waals surface area contributed by atoms with Gasteiger partial charge in [0.1, 0.15) is 0 Å². The van der Waals surface area contributed by atoms with Gasteiger partial charge >= 0.3 is 0 Å². The zero-order chi connectivity index (χ0) is 15.6. The summed E-state index contributed by atoms with van der Waals surface area (Å²) in [5, 5.41) is 0.179. The van der Waals surface area contributed by atoms with Gasteiger partial charge in [-0.1, -0.05) is 17.7 Å². The lowest BCUT2D eigenvalue weighted by atomic mass is 10.2. The van der Waals surface area contributed by atoms with Gasteiger partial charge in [0, 0.05) is 10.6 Å². The molecule has 2 rings (SSSR count). The average Bonchev–Trinajstić information content (AvgIpc) is 2.41. The molecule has 0 fully saturated rings. The van der Waals surface area contributed by atoms with Crippen LogP contribution in [0.5, 0.6) is 0 Å². The molecule has 8 heteroatoms. The van der Waals surface area contributed by atoms with Gasteiger partial charge in [0.2, 0.25) is 0 Å². The van der Waals surface area contributed by atoms with Gasteiger partial charge in [0.25, 0.3) is 15.9 Å². The van der Waals surface area contributed by atoms with E-state index in [1.165, 1.54) is 18.2 Å². The van der Waals surface area contributed by atoms with Gasteiger partial charge in [-0.25, -0.2) is 21.9 Å². The molecule has 4 nitrogen and oxygen atoms in total.